The Morgan fingerprint density at radius 3 is 2.62 bits per heavy atom. The van der Waals surface area contributed by atoms with Gasteiger partial charge in [0.1, 0.15) is 23.4 Å². The number of aryl methyl sites for hydroxylation is 1. The molecule has 0 aliphatic heterocycles. The maximum Gasteiger partial charge on any atom is 0.255 e. The molecule has 134 valence electrons. The Morgan fingerprint density at radius 1 is 1.27 bits per heavy atom. The van der Waals surface area contributed by atoms with Gasteiger partial charge in [0.2, 0.25) is 0 Å². The van der Waals surface area contributed by atoms with Crippen LogP contribution in [-0.2, 0) is 7.05 Å². The molecule has 3 rings (SSSR count). The lowest BCUT2D eigenvalue weighted by Gasteiger charge is -2.20. The molecule has 1 N–H and O–H groups in total. The van der Waals surface area contributed by atoms with E-state index in [1.54, 1.807) is 37.7 Å². The Kier molecular flexibility index (Phi) is 5.37. The first-order valence-corrected chi connectivity index (χ1v) is 8.66. The van der Waals surface area contributed by atoms with Gasteiger partial charge in [-0.15, -0.1) is 0 Å². The number of nitrogens with one attached hydrogen (secondary N) is 1. The van der Waals surface area contributed by atoms with Crippen molar-refractivity contribution < 1.29 is 13.9 Å². The van der Waals surface area contributed by atoms with Gasteiger partial charge in [-0.2, -0.15) is 0 Å². The molecule has 1 unspecified atom stereocenters. The number of hydrogen-bond donors (Lipinski definition) is 1. The van der Waals surface area contributed by atoms with Crippen LogP contribution < -0.4 is 10.1 Å². The molecule has 1 atom stereocenters. The first-order chi connectivity index (χ1) is 12.5. The normalized spacial score (nSPS) is 11.8. The molecular formula is C19H17BrFN3O2. The van der Waals surface area contributed by atoms with Crippen LogP contribution in [0.3, 0.4) is 0 Å². The van der Waals surface area contributed by atoms with E-state index in [2.05, 4.69) is 26.2 Å². The molecule has 2 aromatic carbocycles. The molecule has 1 aromatic heterocycles. The van der Waals surface area contributed by atoms with E-state index >= 15 is 0 Å². The number of rotatable bonds is 5. The summed E-state index contributed by atoms with van der Waals surface area (Å²) < 4.78 is 21.7. The first kappa shape index (κ1) is 18.1. The Morgan fingerprint density at radius 2 is 2.00 bits per heavy atom. The third-order valence-corrected chi connectivity index (χ3v) is 4.51. The van der Waals surface area contributed by atoms with Gasteiger partial charge in [0.25, 0.3) is 5.91 Å². The van der Waals surface area contributed by atoms with Crippen molar-refractivity contribution in [3.05, 3.63) is 82.1 Å². The second-order valence-electron chi connectivity index (χ2n) is 5.70. The molecule has 0 bridgehead atoms. The number of amides is 1. The lowest BCUT2D eigenvalue weighted by Crippen LogP contribution is -2.31. The molecule has 0 spiro atoms. The highest BCUT2D eigenvalue weighted by Gasteiger charge is 2.23. The van der Waals surface area contributed by atoms with E-state index in [4.69, 9.17) is 4.74 Å². The first-order valence-electron chi connectivity index (χ1n) is 7.86. The monoisotopic (exact) mass is 417 g/mol. The van der Waals surface area contributed by atoms with Gasteiger partial charge in [-0.3, -0.25) is 4.79 Å². The molecule has 3 aromatic rings. The minimum absolute atomic E-state index is 0.0351. The number of aromatic nitrogens is 2. The molecule has 0 aliphatic carbocycles. The topological polar surface area (TPSA) is 56.1 Å². The van der Waals surface area contributed by atoms with E-state index in [1.165, 1.54) is 12.1 Å². The highest BCUT2D eigenvalue weighted by atomic mass is 79.9. The number of benzene rings is 2. The zero-order chi connectivity index (χ0) is 18.7. The average molecular weight is 418 g/mol. The zero-order valence-corrected chi connectivity index (χ0v) is 15.8. The van der Waals surface area contributed by atoms with Crippen molar-refractivity contribution in [3.63, 3.8) is 0 Å². The van der Waals surface area contributed by atoms with Gasteiger partial charge >= 0.3 is 0 Å². The molecule has 26 heavy (non-hydrogen) atoms. The highest BCUT2D eigenvalue weighted by Crippen LogP contribution is 2.24. The van der Waals surface area contributed by atoms with Crippen molar-refractivity contribution in [3.8, 4) is 5.75 Å². The van der Waals surface area contributed by atoms with E-state index in [-0.39, 0.29) is 5.56 Å². The van der Waals surface area contributed by atoms with E-state index < -0.39 is 17.8 Å². The van der Waals surface area contributed by atoms with Gasteiger partial charge in [-0.05, 0) is 35.9 Å². The number of hydrogen-bond acceptors (Lipinski definition) is 3. The molecule has 0 aliphatic rings. The number of carbonyl (C=O) groups is 1. The van der Waals surface area contributed by atoms with Crippen LogP contribution in [0.15, 0.2) is 59.3 Å². The summed E-state index contributed by atoms with van der Waals surface area (Å²) in [4.78, 5) is 17.0. The fraction of sp³-hybridized carbons (Fsp3) is 0.158. The van der Waals surface area contributed by atoms with Crippen LogP contribution in [0.1, 0.15) is 27.8 Å². The van der Waals surface area contributed by atoms with Crippen LogP contribution in [0.5, 0.6) is 5.75 Å². The fourth-order valence-corrected chi connectivity index (χ4v) is 2.99. The maximum atomic E-state index is 14.1. The summed E-state index contributed by atoms with van der Waals surface area (Å²) in [6, 6.07) is 11.0. The summed E-state index contributed by atoms with van der Waals surface area (Å²) in [5, 5.41) is 2.87. The van der Waals surface area contributed by atoms with E-state index in [0.717, 1.165) is 5.56 Å². The molecule has 1 heterocycles. The number of nitrogens with zero attached hydrogens (tertiary/aromatic N) is 2. The van der Waals surface area contributed by atoms with Gasteiger partial charge in [-0.25, -0.2) is 9.37 Å². The van der Waals surface area contributed by atoms with Crippen LogP contribution in [-0.4, -0.2) is 22.6 Å². The lowest BCUT2D eigenvalue weighted by molar-refractivity contribution is 0.0937. The smallest absolute Gasteiger partial charge is 0.255 e. The van der Waals surface area contributed by atoms with Crippen LogP contribution in [0.25, 0.3) is 0 Å². The summed E-state index contributed by atoms with van der Waals surface area (Å²) in [7, 11) is 3.42. The van der Waals surface area contributed by atoms with Gasteiger partial charge in [-0.1, -0.05) is 28.1 Å². The quantitative estimate of drug-likeness (QED) is 0.685. The molecule has 5 nitrogen and oxygen atoms in total. The van der Waals surface area contributed by atoms with Gasteiger partial charge in [0.05, 0.1) is 12.7 Å². The maximum absolute atomic E-state index is 14.1. The van der Waals surface area contributed by atoms with Crippen molar-refractivity contribution in [1.29, 1.82) is 0 Å². The fourth-order valence-electron chi connectivity index (χ4n) is 2.63. The van der Waals surface area contributed by atoms with Crippen LogP contribution in [0.4, 0.5) is 4.39 Å². The lowest BCUT2D eigenvalue weighted by atomic mass is 10.0. The second kappa shape index (κ2) is 7.70. The number of halogens is 2. The number of ether oxygens (including phenoxy) is 1. The summed E-state index contributed by atoms with van der Waals surface area (Å²) in [5.74, 6) is 0.238. The Hall–Kier alpha value is -2.67. The zero-order valence-electron chi connectivity index (χ0n) is 14.2. The van der Waals surface area contributed by atoms with Crippen molar-refractivity contribution in [2.24, 2.45) is 7.05 Å². The number of carbonyl (C=O) groups excluding carboxylic acids is 1. The van der Waals surface area contributed by atoms with Crippen LogP contribution in [0, 0.1) is 5.82 Å². The SMILES string of the molecule is COc1ccc(C(NC(=O)c2cc(Br)ccc2F)c2nccn2C)cc1. The molecule has 1 amide bonds. The standard InChI is InChI=1S/C19H17BrFN3O2/c1-24-10-9-22-18(24)17(12-3-6-14(26-2)7-4-12)23-19(25)15-11-13(20)5-8-16(15)21/h3-11,17H,1-2H3,(H,23,25). The largest absolute Gasteiger partial charge is 0.497 e. The average Bonchev–Trinajstić information content (AvgIpc) is 3.07. The number of imidazole rings is 1. The summed E-state index contributed by atoms with van der Waals surface area (Å²) in [6.07, 6.45) is 3.44. The van der Waals surface area contributed by atoms with Crippen LogP contribution >= 0.6 is 15.9 Å². The van der Waals surface area contributed by atoms with E-state index in [0.29, 0.717) is 16.0 Å². The van der Waals surface area contributed by atoms with Gasteiger partial charge < -0.3 is 14.6 Å². The predicted octanol–water partition coefficient (Wildman–Crippen LogP) is 3.85. The molecule has 0 saturated heterocycles. The van der Waals surface area contributed by atoms with Crippen molar-refractivity contribution in [2.45, 2.75) is 6.04 Å². The highest BCUT2D eigenvalue weighted by molar-refractivity contribution is 9.10. The van der Waals surface area contributed by atoms with Crippen molar-refractivity contribution in [2.75, 3.05) is 7.11 Å². The van der Waals surface area contributed by atoms with Gasteiger partial charge in [0.15, 0.2) is 0 Å². The Balaban J connectivity index is 1.97. The molecule has 0 radical (unpaired) electrons. The van der Waals surface area contributed by atoms with Crippen molar-refractivity contribution >= 4 is 21.8 Å². The van der Waals surface area contributed by atoms with E-state index in [1.807, 2.05) is 23.7 Å². The molecule has 7 heteroatoms. The molecular weight excluding hydrogens is 401 g/mol. The third-order valence-electron chi connectivity index (χ3n) is 4.01. The van der Waals surface area contributed by atoms with Gasteiger partial charge in [0, 0.05) is 23.9 Å². The summed E-state index contributed by atoms with van der Waals surface area (Å²) in [6.45, 7) is 0. The predicted molar refractivity (Wildman–Crippen MR) is 99.6 cm³/mol. The molecule has 0 saturated carbocycles. The molecule has 0 fully saturated rings. The van der Waals surface area contributed by atoms with Crippen LogP contribution in [0.2, 0.25) is 0 Å². The number of methoxy groups -OCH3 is 1. The minimum Gasteiger partial charge on any atom is -0.497 e. The van der Waals surface area contributed by atoms with E-state index in [9.17, 15) is 9.18 Å². The summed E-state index contributed by atoms with van der Waals surface area (Å²) in [5.41, 5.74) is 0.774. The minimum atomic E-state index is -0.584. The third kappa shape index (κ3) is 3.77. The van der Waals surface area contributed by atoms with Crippen molar-refractivity contribution in [1.82, 2.24) is 14.9 Å². The summed E-state index contributed by atoms with van der Waals surface area (Å²) >= 11 is 3.26. The Bertz CT molecular complexity index is 925. The second-order valence-corrected chi connectivity index (χ2v) is 6.62. The Labute approximate surface area is 159 Å².